The van der Waals surface area contributed by atoms with Crippen molar-refractivity contribution in [3.8, 4) is 5.75 Å². The molecule has 2 rings (SSSR count). The molecule has 0 N–H and O–H groups in total. The second-order valence-corrected chi connectivity index (χ2v) is 5.48. The van der Waals surface area contributed by atoms with E-state index < -0.39 is 0 Å². The summed E-state index contributed by atoms with van der Waals surface area (Å²) in [6, 6.07) is 6.09. The van der Waals surface area contributed by atoms with Gasteiger partial charge in [0.15, 0.2) is 5.11 Å². The molecule has 20 heavy (non-hydrogen) atoms. The minimum absolute atomic E-state index is 0.457. The lowest BCUT2D eigenvalue weighted by Crippen LogP contribution is -2.43. The molecule has 0 aliphatic carbocycles. The van der Waals surface area contributed by atoms with Gasteiger partial charge < -0.3 is 14.5 Å². The third-order valence-corrected chi connectivity index (χ3v) is 4.04. The Labute approximate surface area is 126 Å². The molecule has 108 valence electrons. The summed E-state index contributed by atoms with van der Waals surface area (Å²) in [5.74, 6) is 1.82. The van der Waals surface area contributed by atoms with Crippen molar-refractivity contribution in [1.29, 1.82) is 0 Å². The molecule has 1 aliphatic rings. The summed E-state index contributed by atoms with van der Waals surface area (Å²) >= 11 is 5.41. The minimum atomic E-state index is 0.457. The summed E-state index contributed by atoms with van der Waals surface area (Å²) in [5, 5.41) is 0.783. The topological polar surface area (TPSA) is 28.1 Å². The number of ether oxygens (including phenoxy) is 1. The minimum Gasteiger partial charge on any atom is -0.485 e. The fraction of sp³-hybridized carbons (Fsp3) is 0.467. The van der Waals surface area contributed by atoms with Crippen molar-refractivity contribution in [3.05, 3.63) is 29.3 Å². The van der Waals surface area contributed by atoms with E-state index >= 15 is 0 Å². The smallest absolute Gasteiger partial charge is 0.176 e. The summed E-state index contributed by atoms with van der Waals surface area (Å²) in [4.78, 5) is 8.46. The van der Waals surface area contributed by atoms with E-state index in [4.69, 9.17) is 17.0 Å². The molecule has 5 heteroatoms. The monoisotopic (exact) mass is 291 g/mol. The van der Waals surface area contributed by atoms with Crippen LogP contribution < -0.4 is 4.74 Å². The van der Waals surface area contributed by atoms with Crippen LogP contribution in [0.4, 0.5) is 0 Å². The van der Waals surface area contributed by atoms with E-state index in [1.807, 2.05) is 36.0 Å². The first-order chi connectivity index (χ1) is 9.50. The van der Waals surface area contributed by atoms with Crippen LogP contribution in [0.25, 0.3) is 0 Å². The normalized spacial score (nSPS) is 14.2. The van der Waals surface area contributed by atoms with Gasteiger partial charge in [-0.15, -0.1) is 0 Å². The van der Waals surface area contributed by atoms with Gasteiger partial charge in [-0.3, -0.25) is 4.99 Å². The number of rotatable bonds is 3. The van der Waals surface area contributed by atoms with Crippen molar-refractivity contribution < 1.29 is 4.74 Å². The van der Waals surface area contributed by atoms with Gasteiger partial charge in [-0.25, -0.2) is 0 Å². The maximum Gasteiger partial charge on any atom is 0.176 e. The number of benzene rings is 1. The quantitative estimate of drug-likeness (QED) is 0.799. The fourth-order valence-electron chi connectivity index (χ4n) is 2.09. The Kier molecular flexibility index (Phi) is 4.60. The van der Waals surface area contributed by atoms with Crippen LogP contribution in [0.1, 0.15) is 11.1 Å². The first kappa shape index (κ1) is 14.8. The summed E-state index contributed by atoms with van der Waals surface area (Å²) in [6.07, 6.45) is 0. The van der Waals surface area contributed by atoms with Crippen LogP contribution >= 0.6 is 12.2 Å². The van der Waals surface area contributed by atoms with Crippen LogP contribution in [0.15, 0.2) is 23.2 Å². The van der Waals surface area contributed by atoms with Crippen molar-refractivity contribution >= 4 is 23.2 Å². The third-order valence-electron chi connectivity index (χ3n) is 3.45. The van der Waals surface area contributed by atoms with Crippen LogP contribution in [0.2, 0.25) is 0 Å². The Morgan fingerprint density at radius 3 is 2.85 bits per heavy atom. The highest BCUT2D eigenvalue weighted by atomic mass is 32.1. The fourth-order valence-corrected chi connectivity index (χ4v) is 2.28. The van der Waals surface area contributed by atoms with E-state index in [1.165, 1.54) is 11.1 Å². The summed E-state index contributed by atoms with van der Waals surface area (Å²) < 4.78 is 5.91. The number of aliphatic imine (C=N–C) groups is 1. The highest BCUT2D eigenvalue weighted by molar-refractivity contribution is 7.80. The average Bonchev–Trinajstić information content (AvgIpc) is 2.87. The zero-order valence-corrected chi connectivity index (χ0v) is 13.3. The van der Waals surface area contributed by atoms with Crippen molar-refractivity contribution in [2.45, 2.75) is 13.8 Å². The van der Waals surface area contributed by atoms with Gasteiger partial charge in [-0.05, 0) is 43.3 Å². The zero-order chi connectivity index (χ0) is 14.7. The van der Waals surface area contributed by atoms with Gasteiger partial charge in [0.2, 0.25) is 0 Å². The third kappa shape index (κ3) is 3.10. The van der Waals surface area contributed by atoms with Gasteiger partial charge in [0.05, 0.1) is 6.54 Å². The van der Waals surface area contributed by atoms with Crippen LogP contribution in [-0.2, 0) is 0 Å². The Morgan fingerprint density at radius 2 is 2.15 bits per heavy atom. The lowest BCUT2D eigenvalue weighted by atomic mass is 10.1. The van der Waals surface area contributed by atoms with Crippen molar-refractivity contribution in [1.82, 2.24) is 9.80 Å². The van der Waals surface area contributed by atoms with Crippen LogP contribution in [0, 0.1) is 13.8 Å². The maximum absolute atomic E-state index is 5.91. The number of nitrogens with zero attached hydrogens (tertiary/aromatic N) is 3. The van der Waals surface area contributed by atoms with E-state index in [0.29, 0.717) is 6.61 Å². The van der Waals surface area contributed by atoms with Gasteiger partial charge >= 0.3 is 0 Å². The highest BCUT2D eigenvalue weighted by Crippen LogP contribution is 2.21. The molecule has 1 aromatic carbocycles. The average molecular weight is 291 g/mol. The van der Waals surface area contributed by atoms with Gasteiger partial charge in [0.1, 0.15) is 18.2 Å². The maximum atomic E-state index is 5.91. The van der Waals surface area contributed by atoms with Gasteiger partial charge in [0, 0.05) is 20.6 Å². The van der Waals surface area contributed by atoms with Gasteiger partial charge in [-0.1, -0.05) is 12.1 Å². The van der Waals surface area contributed by atoms with Crippen molar-refractivity contribution in [2.75, 3.05) is 33.8 Å². The molecule has 0 bridgehead atoms. The van der Waals surface area contributed by atoms with Crippen molar-refractivity contribution in [3.63, 3.8) is 0 Å². The number of thiocarbonyl (C=S) groups is 1. The Morgan fingerprint density at radius 1 is 1.40 bits per heavy atom. The molecule has 0 saturated carbocycles. The van der Waals surface area contributed by atoms with E-state index in [9.17, 15) is 0 Å². The van der Waals surface area contributed by atoms with Crippen LogP contribution in [0.5, 0.6) is 5.75 Å². The summed E-state index contributed by atoms with van der Waals surface area (Å²) in [5.41, 5.74) is 2.41. The highest BCUT2D eigenvalue weighted by Gasteiger charge is 2.22. The predicted octanol–water partition coefficient (Wildman–Crippen LogP) is 2.24. The van der Waals surface area contributed by atoms with E-state index in [-0.39, 0.29) is 0 Å². The first-order valence-corrected chi connectivity index (χ1v) is 7.12. The molecule has 0 unspecified atom stereocenters. The van der Waals surface area contributed by atoms with E-state index in [1.54, 1.807) is 0 Å². The second kappa shape index (κ2) is 6.22. The molecule has 1 aromatic rings. The molecule has 1 aliphatic heterocycles. The van der Waals surface area contributed by atoms with E-state index in [2.05, 4.69) is 24.9 Å². The molecule has 0 atom stereocenters. The lowest BCUT2D eigenvalue weighted by molar-refractivity contribution is 0.360. The molecule has 0 radical (unpaired) electrons. The Bertz CT molecular complexity index is 540. The van der Waals surface area contributed by atoms with Crippen molar-refractivity contribution in [2.24, 2.45) is 4.99 Å². The van der Waals surface area contributed by atoms with Gasteiger partial charge in [-0.2, -0.15) is 0 Å². The largest absolute Gasteiger partial charge is 0.485 e. The number of amidine groups is 1. The molecule has 0 amide bonds. The lowest BCUT2D eigenvalue weighted by Gasteiger charge is -2.26. The summed E-state index contributed by atoms with van der Waals surface area (Å²) in [7, 11) is 3.90. The Balaban J connectivity index is 2.03. The zero-order valence-electron chi connectivity index (χ0n) is 12.5. The predicted molar refractivity (Wildman–Crippen MR) is 86.7 cm³/mol. The standard InChI is InChI=1S/C15H21N3OS/c1-11-6-5-7-13(12(11)2)19-10-14-16-8-9-18(14)15(20)17(3)4/h5-7H,8-10H2,1-4H3. The van der Waals surface area contributed by atoms with Gasteiger partial charge in [0.25, 0.3) is 0 Å². The van der Waals surface area contributed by atoms with Crippen LogP contribution in [0.3, 0.4) is 0 Å². The molecule has 0 spiro atoms. The summed E-state index contributed by atoms with van der Waals surface area (Å²) in [6.45, 7) is 6.23. The molecule has 0 aromatic heterocycles. The SMILES string of the molecule is Cc1cccc(OCC2=NCCN2C(=S)N(C)C)c1C. The molecule has 4 nitrogen and oxygen atoms in total. The van der Waals surface area contributed by atoms with E-state index in [0.717, 1.165) is 29.8 Å². The molecule has 0 fully saturated rings. The molecule has 1 heterocycles. The number of aryl methyl sites for hydroxylation is 1. The molecule has 0 saturated heterocycles. The second-order valence-electron chi connectivity index (χ2n) is 5.11. The molecular weight excluding hydrogens is 270 g/mol. The number of hydrogen-bond acceptors (Lipinski definition) is 3. The van der Waals surface area contributed by atoms with Crippen LogP contribution in [-0.4, -0.2) is 54.5 Å². The first-order valence-electron chi connectivity index (χ1n) is 6.72. The number of hydrogen-bond donors (Lipinski definition) is 0. The Hall–Kier alpha value is -1.62. The molecular formula is C15H21N3OS.